The van der Waals surface area contributed by atoms with E-state index in [2.05, 4.69) is 4.98 Å². The fraction of sp³-hybridized carbons (Fsp3) is 0.667. The maximum Gasteiger partial charge on any atom is 0.228 e. The van der Waals surface area contributed by atoms with Crippen LogP contribution in [-0.2, 0) is 9.59 Å². The standard InChI is InChI=1S/C15H21N3O2S/c1-2-17-10-12(8-13(17)19)15(20)18-6-3-4-11(9-18)14-16-5-7-21-14/h5,7,11-12H,2-4,6,8-10H2,1H3/t11-,12-/m1/s1. The fourth-order valence-electron chi connectivity index (χ4n) is 3.32. The minimum Gasteiger partial charge on any atom is -0.342 e. The molecule has 2 atom stereocenters. The highest BCUT2D eigenvalue weighted by Gasteiger charge is 2.37. The Morgan fingerprint density at radius 3 is 3.00 bits per heavy atom. The second-order valence-electron chi connectivity index (χ2n) is 5.83. The number of likely N-dealkylation sites (tertiary alicyclic amines) is 2. The topological polar surface area (TPSA) is 53.5 Å². The number of nitrogens with zero attached hydrogens (tertiary/aromatic N) is 3. The summed E-state index contributed by atoms with van der Waals surface area (Å²) in [5.74, 6) is 0.486. The summed E-state index contributed by atoms with van der Waals surface area (Å²) in [6.45, 7) is 4.82. The summed E-state index contributed by atoms with van der Waals surface area (Å²) in [7, 11) is 0. The van der Waals surface area contributed by atoms with Crippen LogP contribution in [0.4, 0.5) is 0 Å². The van der Waals surface area contributed by atoms with Crippen molar-refractivity contribution >= 4 is 23.2 Å². The van der Waals surface area contributed by atoms with E-state index in [-0.39, 0.29) is 17.7 Å². The highest BCUT2D eigenvalue weighted by Crippen LogP contribution is 2.30. The monoisotopic (exact) mass is 307 g/mol. The summed E-state index contributed by atoms with van der Waals surface area (Å²) in [5.41, 5.74) is 0. The first-order chi connectivity index (χ1) is 10.2. The second kappa shape index (κ2) is 6.13. The third-order valence-corrected chi connectivity index (χ3v) is 5.42. The number of carbonyl (C=O) groups excluding carboxylic acids is 2. The lowest BCUT2D eigenvalue weighted by Gasteiger charge is -2.33. The van der Waals surface area contributed by atoms with Crippen molar-refractivity contribution < 1.29 is 9.59 Å². The lowest BCUT2D eigenvalue weighted by Crippen LogP contribution is -2.43. The number of rotatable bonds is 3. The van der Waals surface area contributed by atoms with Crippen LogP contribution >= 0.6 is 11.3 Å². The zero-order chi connectivity index (χ0) is 14.8. The van der Waals surface area contributed by atoms with E-state index in [4.69, 9.17) is 0 Å². The second-order valence-corrected chi connectivity index (χ2v) is 6.75. The molecule has 0 unspecified atom stereocenters. The minimum absolute atomic E-state index is 0.115. The van der Waals surface area contributed by atoms with Gasteiger partial charge in [-0.2, -0.15) is 0 Å². The van der Waals surface area contributed by atoms with Gasteiger partial charge in [-0.3, -0.25) is 9.59 Å². The van der Waals surface area contributed by atoms with E-state index in [0.717, 1.165) is 30.9 Å². The van der Waals surface area contributed by atoms with E-state index < -0.39 is 0 Å². The van der Waals surface area contributed by atoms with Crippen molar-refractivity contribution in [3.8, 4) is 0 Å². The largest absolute Gasteiger partial charge is 0.342 e. The molecule has 3 rings (SSSR count). The molecule has 6 heteroatoms. The van der Waals surface area contributed by atoms with Gasteiger partial charge in [0.1, 0.15) is 0 Å². The van der Waals surface area contributed by atoms with Gasteiger partial charge in [0.05, 0.1) is 10.9 Å². The van der Waals surface area contributed by atoms with Crippen LogP contribution in [0.15, 0.2) is 11.6 Å². The van der Waals surface area contributed by atoms with Gasteiger partial charge in [0.2, 0.25) is 11.8 Å². The lowest BCUT2D eigenvalue weighted by atomic mass is 9.96. The van der Waals surface area contributed by atoms with Gasteiger partial charge in [0.15, 0.2) is 0 Å². The first kappa shape index (κ1) is 14.5. The number of piperidine rings is 1. The quantitative estimate of drug-likeness (QED) is 0.854. The average Bonchev–Trinajstić information content (AvgIpc) is 3.16. The maximum atomic E-state index is 12.7. The molecule has 0 bridgehead atoms. The predicted molar refractivity (Wildman–Crippen MR) is 81.0 cm³/mol. The van der Waals surface area contributed by atoms with Crippen molar-refractivity contribution in [2.45, 2.75) is 32.1 Å². The maximum absolute atomic E-state index is 12.7. The molecule has 2 aliphatic heterocycles. The highest BCUT2D eigenvalue weighted by atomic mass is 32.1. The number of amides is 2. The molecule has 2 saturated heterocycles. The molecule has 1 aromatic heterocycles. The van der Waals surface area contributed by atoms with Gasteiger partial charge in [-0.15, -0.1) is 11.3 Å². The third kappa shape index (κ3) is 2.95. The summed E-state index contributed by atoms with van der Waals surface area (Å²) >= 11 is 1.67. The van der Waals surface area contributed by atoms with Crippen LogP contribution in [0, 0.1) is 5.92 Å². The number of thiazole rings is 1. The van der Waals surface area contributed by atoms with Crippen molar-refractivity contribution in [2.24, 2.45) is 5.92 Å². The van der Waals surface area contributed by atoms with Crippen molar-refractivity contribution in [1.29, 1.82) is 0 Å². The fourth-order valence-corrected chi connectivity index (χ4v) is 4.08. The van der Waals surface area contributed by atoms with Crippen LogP contribution in [0.2, 0.25) is 0 Å². The molecule has 114 valence electrons. The molecule has 0 N–H and O–H groups in total. The Morgan fingerprint density at radius 2 is 2.33 bits per heavy atom. The van der Waals surface area contributed by atoms with Crippen LogP contribution in [0.1, 0.15) is 37.1 Å². The Bertz CT molecular complexity index is 517. The molecule has 0 aliphatic carbocycles. The Morgan fingerprint density at radius 1 is 1.48 bits per heavy atom. The van der Waals surface area contributed by atoms with Crippen LogP contribution in [0.3, 0.4) is 0 Å². The van der Waals surface area contributed by atoms with E-state index in [0.29, 0.717) is 25.4 Å². The predicted octanol–water partition coefficient (Wildman–Crippen LogP) is 1.72. The summed E-state index contributed by atoms with van der Waals surface area (Å²) in [6.07, 6.45) is 4.33. The smallest absolute Gasteiger partial charge is 0.228 e. The van der Waals surface area contributed by atoms with Gasteiger partial charge in [0, 0.05) is 50.1 Å². The average molecular weight is 307 g/mol. The Hall–Kier alpha value is -1.43. The van der Waals surface area contributed by atoms with Gasteiger partial charge in [-0.05, 0) is 19.8 Å². The minimum atomic E-state index is -0.146. The molecule has 0 aromatic carbocycles. The summed E-state index contributed by atoms with van der Waals surface area (Å²) in [5, 5.41) is 3.12. The van der Waals surface area contributed by atoms with Crippen molar-refractivity contribution in [1.82, 2.24) is 14.8 Å². The Balaban J connectivity index is 1.64. The number of hydrogen-bond donors (Lipinski definition) is 0. The van der Waals surface area contributed by atoms with E-state index >= 15 is 0 Å². The first-order valence-corrected chi connectivity index (χ1v) is 8.53. The van der Waals surface area contributed by atoms with Crippen molar-refractivity contribution in [3.05, 3.63) is 16.6 Å². The molecule has 1 aromatic rings. The number of carbonyl (C=O) groups is 2. The summed E-state index contributed by atoms with van der Waals surface area (Å²) in [4.78, 5) is 32.6. The molecule has 3 heterocycles. The zero-order valence-corrected chi connectivity index (χ0v) is 13.1. The van der Waals surface area contributed by atoms with Gasteiger partial charge in [-0.1, -0.05) is 0 Å². The van der Waals surface area contributed by atoms with E-state index in [9.17, 15) is 9.59 Å². The molecule has 2 aliphatic rings. The molecule has 5 nitrogen and oxygen atoms in total. The van der Waals surface area contributed by atoms with Crippen LogP contribution < -0.4 is 0 Å². The van der Waals surface area contributed by atoms with Crippen LogP contribution in [-0.4, -0.2) is 52.8 Å². The molecular formula is C15H21N3O2S. The third-order valence-electron chi connectivity index (χ3n) is 4.48. The van der Waals surface area contributed by atoms with Gasteiger partial charge >= 0.3 is 0 Å². The van der Waals surface area contributed by atoms with Gasteiger partial charge < -0.3 is 9.80 Å². The lowest BCUT2D eigenvalue weighted by molar-refractivity contribution is -0.137. The first-order valence-electron chi connectivity index (χ1n) is 7.65. The Labute approximate surface area is 129 Å². The highest BCUT2D eigenvalue weighted by molar-refractivity contribution is 7.09. The van der Waals surface area contributed by atoms with Gasteiger partial charge in [0.25, 0.3) is 0 Å². The SMILES string of the molecule is CCN1C[C@H](C(=O)N2CCC[C@@H](c3nccs3)C2)CC1=O. The van der Waals surface area contributed by atoms with Crippen LogP contribution in [0.25, 0.3) is 0 Å². The van der Waals surface area contributed by atoms with E-state index in [1.165, 1.54) is 0 Å². The Kier molecular flexibility index (Phi) is 4.24. The molecule has 0 spiro atoms. The molecule has 0 saturated carbocycles. The summed E-state index contributed by atoms with van der Waals surface area (Å²) in [6, 6.07) is 0. The van der Waals surface area contributed by atoms with Crippen molar-refractivity contribution in [2.75, 3.05) is 26.2 Å². The molecule has 2 fully saturated rings. The molecule has 21 heavy (non-hydrogen) atoms. The van der Waals surface area contributed by atoms with Gasteiger partial charge in [-0.25, -0.2) is 4.98 Å². The number of hydrogen-bond acceptors (Lipinski definition) is 4. The molecule has 0 radical (unpaired) electrons. The molecule has 2 amide bonds. The zero-order valence-electron chi connectivity index (χ0n) is 12.3. The normalized spacial score (nSPS) is 26.4. The van der Waals surface area contributed by atoms with E-state index in [1.54, 1.807) is 16.2 Å². The van der Waals surface area contributed by atoms with Crippen LogP contribution in [0.5, 0.6) is 0 Å². The van der Waals surface area contributed by atoms with Crippen molar-refractivity contribution in [3.63, 3.8) is 0 Å². The van der Waals surface area contributed by atoms with E-state index in [1.807, 2.05) is 23.4 Å². The number of aromatic nitrogens is 1. The summed E-state index contributed by atoms with van der Waals surface area (Å²) < 4.78 is 0. The molecular weight excluding hydrogens is 286 g/mol.